The Bertz CT molecular complexity index is 829. The summed E-state index contributed by atoms with van der Waals surface area (Å²) in [6.45, 7) is 5.98. The van der Waals surface area contributed by atoms with Crippen LogP contribution in [-0.4, -0.2) is 53.3 Å². The second-order valence-electron chi connectivity index (χ2n) is 6.66. The van der Waals surface area contributed by atoms with Gasteiger partial charge in [-0.25, -0.2) is 4.39 Å². The zero-order valence-electron chi connectivity index (χ0n) is 15.2. The van der Waals surface area contributed by atoms with Crippen LogP contribution >= 0.6 is 11.5 Å². The number of nitrogens with two attached hydrogens (primary N) is 1. The van der Waals surface area contributed by atoms with Crippen LogP contribution in [-0.2, 0) is 0 Å². The average Bonchev–Trinajstić information content (AvgIpc) is 3.03. The largest absolute Gasteiger partial charge is 0.395 e. The molecule has 0 atom stereocenters. The topological polar surface area (TPSA) is 91.6 Å². The average molecular weight is 391 g/mol. The lowest BCUT2D eigenvalue weighted by Crippen LogP contribution is -2.48. The highest BCUT2D eigenvalue weighted by atomic mass is 32.1. The Labute approximate surface area is 161 Å². The summed E-state index contributed by atoms with van der Waals surface area (Å²) in [5.74, 6) is -0.864. The van der Waals surface area contributed by atoms with Gasteiger partial charge in [-0.15, -0.1) is 0 Å². The highest BCUT2D eigenvalue weighted by Crippen LogP contribution is 2.25. The minimum absolute atomic E-state index is 0.0442. The molecular formula is C18H22FN5O2S. The van der Waals surface area contributed by atoms with E-state index in [1.807, 2.05) is 13.8 Å². The zero-order valence-corrected chi connectivity index (χ0v) is 16.1. The molecule has 1 fully saturated rings. The molecule has 1 aromatic heterocycles. The summed E-state index contributed by atoms with van der Waals surface area (Å²) in [5.41, 5.74) is 7.17. The van der Waals surface area contributed by atoms with E-state index in [1.165, 1.54) is 12.1 Å². The van der Waals surface area contributed by atoms with Crippen LogP contribution in [0, 0.1) is 5.82 Å². The van der Waals surface area contributed by atoms with Crippen LogP contribution in [0.5, 0.6) is 0 Å². The number of hydrogen-bond acceptors (Lipinski definition) is 6. The molecule has 2 amide bonds. The molecule has 1 aliphatic rings. The third-order valence-electron chi connectivity index (χ3n) is 4.32. The quantitative estimate of drug-likeness (QED) is 0.831. The summed E-state index contributed by atoms with van der Waals surface area (Å²) in [6, 6.07) is 6.27. The molecule has 144 valence electrons. The molecule has 0 saturated carbocycles. The van der Waals surface area contributed by atoms with Crippen LogP contribution in [0.15, 0.2) is 24.3 Å². The first kappa shape index (κ1) is 19.1. The van der Waals surface area contributed by atoms with Crippen LogP contribution < -0.4 is 16.0 Å². The van der Waals surface area contributed by atoms with Crippen LogP contribution in [0.4, 0.5) is 15.8 Å². The van der Waals surface area contributed by atoms with E-state index in [0.717, 1.165) is 17.2 Å². The van der Waals surface area contributed by atoms with Gasteiger partial charge < -0.3 is 20.9 Å². The number of nitrogens with zero attached hydrogens (tertiary/aromatic N) is 3. The van der Waals surface area contributed by atoms with Gasteiger partial charge in [-0.3, -0.25) is 9.59 Å². The number of piperazine rings is 1. The summed E-state index contributed by atoms with van der Waals surface area (Å²) >= 11 is 0.950. The predicted octanol–water partition coefficient (Wildman–Crippen LogP) is 1.97. The third kappa shape index (κ3) is 4.19. The molecule has 1 saturated heterocycles. The number of anilines is 2. The first-order chi connectivity index (χ1) is 12.9. The summed E-state index contributed by atoms with van der Waals surface area (Å²) in [7, 11) is 0. The minimum atomic E-state index is -0.376. The standard InChI is InChI=1S/C18H22FN5O2S/c1-11(2)21-17(25)15-14(20)16(27-22-15)18(26)24-9-7-23(8-10-24)13-5-3-12(19)4-6-13/h3-6,11H,7-10,20H2,1-2H3,(H,21,25). The molecule has 2 heterocycles. The normalized spacial score (nSPS) is 14.5. The van der Waals surface area contributed by atoms with Crippen molar-refractivity contribution in [2.75, 3.05) is 36.8 Å². The van der Waals surface area contributed by atoms with Crippen molar-refractivity contribution >= 4 is 34.7 Å². The maximum absolute atomic E-state index is 13.1. The van der Waals surface area contributed by atoms with E-state index in [1.54, 1.807) is 17.0 Å². The summed E-state index contributed by atoms with van der Waals surface area (Å²) in [4.78, 5) is 29.0. The molecule has 3 N–H and O–H groups in total. The van der Waals surface area contributed by atoms with Gasteiger partial charge in [0.15, 0.2) is 5.69 Å². The number of aromatic nitrogens is 1. The molecular weight excluding hydrogens is 369 g/mol. The molecule has 0 bridgehead atoms. The van der Waals surface area contributed by atoms with Crippen LogP contribution in [0.3, 0.4) is 0 Å². The van der Waals surface area contributed by atoms with Crippen molar-refractivity contribution < 1.29 is 14.0 Å². The lowest BCUT2D eigenvalue weighted by atomic mass is 10.2. The fraction of sp³-hybridized carbons (Fsp3) is 0.389. The zero-order chi connectivity index (χ0) is 19.6. The van der Waals surface area contributed by atoms with Crippen LogP contribution in [0.2, 0.25) is 0 Å². The Kier molecular flexibility index (Phi) is 5.59. The lowest BCUT2D eigenvalue weighted by Gasteiger charge is -2.36. The maximum atomic E-state index is 13.1. The smallest absolute Gasteiger partial charge is 0.273 e. The molecule has 3 rings (SSSR count). The van der Waals surface area contributed by atoms with Crippen molar-refractivity contribution in [2.45, 2.75) is 19.9 Å². The Hall–Kier alpha value is -2.68. The van der Waals surface area contributed by atoms with E-state index in [4.69, 9.17) is 5.73 Å². The minimum Gasteiger partial charge on any atom is -0.395 e. The summed E-state index contributed by atoms with van der Waals surface area (Å²) in [5, 5.41) is 2.73. The second kappa shape index (κ2) is 7.91. The molecule has 0 radical (unpaired) electrons. The van der Waals surface area contributed by atoms with Crippen molar-refractivity contribution in [3.05, 3.63) is 40.7 Å². The number of benzene rings is 1. The fourth-order valence-corrected chi connectivity index (χ4v) is 3.68. The van der Waals surface area contributed by atoms with E-state index >= 15 is 0 Å². The van der Waals surface area contributed by atoms with Gasteiger partial charge in [0.05, 0.1) is 5.69 Å². The Morgan fingerprint density at radius 1 is 1.19 bits per heavy atom. The monoisotopic (exact) mass is 391 g/mol. The number of carbonyl (C=O) groups is 2. The van der Waals surface area contributed by atoms with Crippen molar-refractivity contribution in [1.29, 1.82) is 0 Å². The number of nitrogens with one attached hydrogen (secondary N) is 1. The predicted molar refractivity (Wildman–Crippen MR) is 104 cm³/mol. The van der Waals surface area contributed by atoms with Gasteiger partial charge in [0, 0.05) is 37.9 Å². The van der Waals surface area contributed by atoms with Gasteiger partial charge in [0.2, 0.25) is 0 Å². The van der Waals surface area contributed by atoms with Gasteiger partial charge in [-0.1, -0.05) is 0 Å². The third-order valence-corrected chi connectivity index (χ3v) is 5.17. The number of halogens is 1. The molecule has 0 aliphatic carbocycles. The summed E-state index contributed by atoms with van der Waals surface area (Å²) in [6.07, 6.45) is 0. The summed E-state index contributed by atoms with van der Waals surface area (Å²) < 4.78 is 17.1. The number of rotatable bonds is 4. The van der Waals surface area contributed by atoms with Crippen molar-refractivity contribution in [3.8, 4) is 0 Å². The first-order valence-corrected chi connectivity index (χ1v) is 9.50. The van der Waals surface area contributed by atoms with Gasteiger partial charge >= 0.3 is 0 Å². The molecule has 27 heavy (non-hydrogen) atoms. The molecule has 1 aromatic carbocycles. The lowest BCUT2D eigenvalue weighted by molar-refractivity contribution is 0.0752. The SMILES string of the molecule is CC(C)NC(=O)c1nsc(C(=O)N2CCN(c3ccc(F)cc3)CC2)c1N. The Morgan fingerprint density at radius 3 is 2.41 bits per heavy atom. The van der Waals surface area contributed by atoms with Gasteiger partial charge in [-0.2, -0.15) is 4.37 Å². The van der Waals surface area contributed by atoms with Crippen LogP contribution in [0.25, 0.3) is 0 Å². The van der Waals surface area contributed by atoms with E-state index in [9.17, 15) is 14.0 Å². The van der Waals surface area contributed by atoms with Crippen molar-refractivity contribution in [1.82, 2.24) is 14.6 Å². The number of carbonyl (C=O) groups excluding carboxylic acids is 2. The Balaban J connectivity index is 1.65. The van der Waals surface area contributed by atoms with E-state index in [0.29, 0.717) is 31.1 Å². The van der Waals surface area contributed by atoms with E-state index in [2.05, 4.69) is 14.6 Å². The van der Waals surface area contributed by atoms with Crippen molar-refractivity contribution in [3.63, 3.8) is 0 Å². The van der Waals surface area contributed by atoms with Gasteiger partial charge in [0.1, 0.15) is 10.7 Å². The van der Waals surface area contributed by atoms with E-state index < -0.39 is 0 Å². The highest BCUT2D eigenvalue weighted by molar-refractivity contribution is 7.09. The molecule has 0 spiro atoms. The number of nitrogen functional groups attached to an aromatic ring is 1. The Morgan fingerprint density at radius 2 is 1.81 bits per heavy atom. The van der Waals surface area contributed by atoms with Gasteiger partial charge in [0.25, 0.3) is 11.8 Å². The molecule has 2 aromatic rings. The van der Waals surface area contributed by atoms with Gasteiger partial charge in [-0.05, 0) is 49.6 Å². The molecule has 7 nitrogen and oxygen atoms in total. The number of amides is 2. The molecule has 1 aliphatic heterocycles. The number of hydrogen-bond donors (Lipinski definition) is 2. The van der Waals surface area contributed by atoms with Crippen molar-refractivity contribution in [2.24, 2.45) is 0 Å². The maximum Gasteiger partial charge on any atom is 0.273 e. The highest BCUT2D eigenvalue weighted by Gasteiger charge is 2.28. The second-order valence-corrected chi connectivity index (χ2v) is 7.43. The van der Waals surface area contributed by atoms with E-state index in [-0.39, 0.29) is 35.1 Å². The first-order valence-electron chi connectivity index (χ1n) is 8.72. The molecule has 0 unspecified atom stereocenters. The fourth-order valence-electron chi connectivity index (χ4n) is 2.91. The molecule has 9 heteroatoms. The van der Waals surface area contributed by atoms with Crippen LogP contribution in [0.1, 0.15) is 34.0 Å².